The first-order chi connectivity index (χ1) is 15.2. The van der Waals surface area contributed by atoms with Crippen molar-refractivity contribution in [3.8, 4) is 0 Å². The summed E-state index contributed by atoms with van der Waals surface area (Å²) in [5.74, 6) is 0.555. The Morgan fingerprint density at radius 3 is 2.15 bits per heavy atom. The summed E-state index contributed by atoms with van der Waals surface area (Å²) in [5.41, 5.74) is 0.287. The molecule has 0 aromatic rings. The topological polar surface area (TPSA) is 57.2 Å². The van der Waals surface area contributed by atoms with Gasteiger partial charge in [-0.3, -0.25) is 0 Å². The van der Waals surface area contributed by atoms with Crippen molar-refractivity contribution < 1.29 is 23.1 Å². The van der Waals surface area contributed by atoms with Gasteiger partial charge in [-0.25, -0.2) is 0 Å². The average molecular weight is 501 g/mol. The van der Waals surface area contributed by atoms with Crippen LogP contribution in [0.5, 0.6) is 0 Å². The monoisotopic (exact) mass is 500 g/mol. The van der Waals surface area contributed by atoms with Gasteiger partial charge in [-0.1, -0.05) is 67.5 Å². The van der Waals surface area contributed by atoms with E-state index in [4.69, 9.17) is 18.3 Å². The van der Waals surface area contributed by atoms with Crippen LogP contribution in [-0.4, -0.2) is 52.9 Å². The lowest BCUT2D eigenvalue weighted by Gasteiger charge is -2.39. The van der Waals surface area contributed by atoms with Gasteiger partial charge in [-0.05, 0) is 54.9 Å². The lowest BCUT2D eigenvalue weighted by molar-refractivity contribution is -0.133. The summed E-state index contributed by atoms with van der Waals surface area (Å²) in [6, 6.07) is 0. The van der Waals surface area contributed by atoms with E-state index in [0.29, 0.717) is 12.5 Å². The second-order valence-corrected chi connectivity index (χ2v) is 21.0. The number of hydrogen-bond acceptors (Lipinski definition) is 5. The molecule has 1 saturated carbocycles. The molecule has 0 bridgehead atoms. The molecular weight excluding hydrogens is 448 g/mol. The van der Waals surface area contributed by atoms with Gasteiger partial charge in [-0.15, -0.1) is 0 Å². The van der Waals surface area contributed by atoms with Gasteiger partial charge >= 0.3 is 8.56 Å². The highest BCUT2D eigenvalue weighted by Crippen LogP contribution is 2.48. The predicted molar refractivity (Wildman–Crippen MR) is 141 cm³/mol. The quantitative estimate of drug-likeness (QED) is 0.250. The van der Waals surface area contributed by atoms with Crippen molar-refractivity contribution in [3.05, 3.63) is 12.2 Å². The molecule has 0 aromatic carbocycles. The van der Waals surface area contributed by atoms with E-state index in [1.807, 2.05) is 6.92 Å². The third kappa shape index (κ3) is 6.80. The zero-order valence-corrected chi connectivity index (χ0v) is 25.2. The fourth-order valence-electron chi connectivity index (χ4n) is 4.96. The van der Waals surface area contributed by atoms with Gasteiger partial charge in [-0.2, -0.15) is 0 Å². The molecule has 2 rings (SSSR count). The highest BCUT2D eigenvalue weighted by atomic mass is 28.4. The Labute approximate surface area is 206 Å². The Bertz CT molecular complexity index is 635. The second-order valence-electron chi connectivity index (χ2n) is 12.2. The maximum absolute atomic E-state index is 11.5. The summed E-state index contributed by atoms with van der Waals surface area (Å²) in [7, 11) is -4.72. The fraction of sp³-hybridized carbons (Fsp3) is 0.923. The molecule has 2 fully saturated rings. The Kier molecular flexibility index (Phi) is 10.1. The number of fused-ring (bicyclic) bond motifs is 1. The second kappa shape index (κ2) is 11.4. The summed E-state index contributed by atoms with van der Waals surface area (Å²) in [6.45, 7) is 24.7. The van der Waals surface area contributed by atoms with E-state index in [0.717, 1.165) is 19.3 Å². The van der Waals surface area contributed by atoms with Crippen LogP contribution in [0.2, 0.25) is 29.2 Å². The van der Waals surface area contributed by atoms with Crippen molar-refractivity contribution >= 4 is 16.9 Å². The third-order valence-corrected chi connectivity index (χ3v) is 16.7. The van der Waals surface area contributed by atoms with Crippen LogP contribution in [0.25, 0.3) is 0 Å². The Morgan fingerprint density at radius 1 is 1.06 bits per heavy atom. The molecule has 7 heteroatoms. The molecule has 1 N–H and O–H groups in total. The third-order valence-electron chi connectivity index (χ3n) is 8.21. The average Bonchev–Trinajstić information content (AvgIpc) is 3.21. The molecule has 1 saturated heterocycles. The fourth-order valence-corrected chi connectivity index (χ4v) is 8.93. The Morgan fingerprint density at radius 2 is 1.67 bits per heavy atom. The van der Waals surface area contributed by atoms with Crippen LogP contribution in [-0.2, 0) is 18.3 Å². The normalized spacial score (nSPS) is 30.1. The van der Waals surface area contributed by atoms with Crippen molar-refractivity contribution in [2.45, 2.75) is 135 Å². The van der Waals surface area contributed by atoms with Crippen molar-refractivity contribution in [2.75, 3.05) is 6.61 Å². The molecule has 2 unspecified atom stereocenters. The highest BCUT2D eigenvalue weighted by molar-refractivity contribution is 6.74. The van der Waals surface area contributed by atoms with Crippen LogP contribution < -0.4 is 0 Å². The van der Waals surface area contributed by atoms with Gasteiger partial charge in [0, 0.05) is 18.9 Å². The Balaban J connectivity index is 2.26. The summed E-state index contributed by atoms with van der Waals surface area (Å²) < 4.78 is 25.4. The molecule has 6 atom stereocenters. The standard InChI is InChI=1S/C26H52O5Si2/c1-12-20(30-32(10,11)26(7,8)9)14-15-21-22-16-25(28-13-2)29-23(22)17-24(21)31-33(27,18(3)4)19(5)6/h14-15,18-25,27H,12-13,16-17H2,1-11H3/b15-14+/t20?,21-,22+,23-,24+,25?/m0/s1. The van der Waals surface area contributed by atoms with Gasteiger partial charge in [0.05, 0.1) is 18.3 Å². The van der Waals surface area contributed by atoms with Crippen molar-refractivity contribution in [1.29, 1.82) is 0 Å². The maximum Gasteiger partial charge on any atom is 0.341 e. The van der Waals surface area contributed by atoms with Crippen molar-refractivity contribution in [2.24, 2.45) is 11.8 Å². The molecule has 0 aromatic heterocycles. The molecule has 0 spiro atoms. The SMILES string of the molecule is CCOC1C[C@@H]2[C@H](/C=C/C(CC)O[Si](C)(C)C(C)(C)C)[C@H](O[Si](O)(C(C)C)C(C)C)C[C@@H]2O1. The minimum absolute atomic E-state index is 0.0225. The molecule has 33 heavy (non-hydrogen) atoms. The molecule has 1 aliphatic heterocycles. The van der Waals surface area contributed by atoms with Crippen molar-refractivity contribution in [3.63, 3.8) is 0 Å². The number of ether oxygens (including phenoxy) is 2. The minimum atomic E-state index is -2.86. The smallest absolute Gasteiger partial charge is 0.341 e. The van der Waals surface area contributed by atoms with E-state index in [1.165, 1.54) is 0 Å². The van der Waals surface area contributed by atoms with Crippen molar-refractivity contribution in [1.82, 2.24) is 0 Å². The van der Waals surface area contributed by atoms with Gasteiger partial charge in [0.15, 0.2) is 14.6 Å². The van der Waals surface area contributed by atoms with E-state index in [9.17, 15) is 4.80 Å². The zero-order valence-electron chi connectivity index (χ0n) is 23.2. The van der Waals surface area contributed by atoms with Gasteiger partial charge in [0.2, 0.25) is 0 Å². The predicted octanol–water partition coefficient (Wildman–Crippen LogP) is 6.77. The van der Waals surface area contributed by atoms with Crippen LogP contribution in [0.4, 0.5) is 0 Å². The van der Waals surface area contributed by atoms with E-state index in [1.54, 1.807) is 0 Å². The first-order valence-corrected chi connectivity index (χ1v) is 18.1. The van der Waals surface area contributed by atoms with E-state index in [-0.39, 0.29) is 46.6 Å². The largest absolute Gasteiger partial charge is 0.411 e. The van der Waals surface area contributed by atoms with E-state index in [2.05, 4.69) is 80.6 Å². The van der Waals surface area contributed by atoms with Crippen LogP contribution in [0.15, 0.2) is 12.2 Å². The summed E-state index contributed by atoms with van der Waals surface area (Å²) in [4.78, 5) is 11.5. The molecule has 194 valence electrons. The maximum atomic E-state index is 11.5. The van der Waals surface area contributed by atoms with Gasteiger partial charge in [0.1, 0.15) is 0 Å². The van der Waals surface area contributed by atoms with Crippen LogP contribution in [0, 0.1) is 11.8 Å². The van der Waals surface area contributed by atoms with Crippen LogP contribution >= 0.6 is 0 Å². The number of hydrogen-bond donors (Lipinski definition) is 1. The molecule has 0 radical (unpaired) electrons. The molecule has 1 heterocycles. The van der Waals surface area contributed by atoms with Gasteiger partial charge in [0.25, 0.3) is 0 Å². The summed E-state index contributed by atoms with van der Waals surface area (Å²) in [6.07, 6.45) is 7.32. The van der Waals surface area contributed by atoms with Gasteiger partial charge < -0.3 is 23.1 Å². The minimum Gasteiger partial charge on any atom is -0.411 e. The summed E-state index contributed by atoms with van der Waals surface area (Å²) in [5, 5.41) is 0.180. The van der Waals surface area contributed by atoms with Crippen LogP contribution in [0.3, 0.4) is 0 Å². The molecule has 5 nitrogen and oxygen atoms in total. The molecule has 0 amide bonds. The Hall–Kier alpha value is -0.0262. The molecule has 1 aliphatic carbocycles. The molecular formula is C26H52O5Si2. The zero-order chi connectivity index (χ0) is 25.2. The lowest BCUT2D eigenvalue weighted by Crippen LogP contribution is -2.49. The highest BCUT2D eigenvalue weighted by Gasteiger charge is 2.53. The van der Waals surface area contributed by atoms with E-state index < -0.39 is 16.9 Å². The lowest BCUT2D eigenvalue weighted by atomic mass is 9.91. The first-order valence-electron chi connectivity index (χ1n) is 13.2. The summed E-state index contributed by atoms with van der Waals surface area (Å²) >= 11 is 0. The number of rotatable bonds is 11. The molecule has 2 aliphatic rings. The van der Waals surface area contributed by atoms with Crippen LogP contribution in [0.1, 0.15) is 81.6 Å². The van der Waals surface area contributed by atoms with E-state index >= 15 is 0 Å². The first kappa shape index (κ1) is 29.2.